The Morgan fingerprint density at radius 1 is 1.32 bits per heavy atom. The summed E-state index contributed by atoms with van der Waals surface area (Å²) < 4.78 is 18.5. The smallest absolute Gasteiger partial charge is 0.312 e. The standard InChI is InChI=1S/C15H21FO3/c1-10(13(17)19-14(2,3)4)15(5,18)11-7-6-8-12(16)9-11/h6-10,18H,1-5H3. The number of hydrogen-bond acceptors (Lipinski definition) is 3. The van der Waals surface area contributed by atoms with Gasteiger partial charge in [-0.3, -0.25) is 4.79 Å². The molecule has 0 aliphatic rings. The molecule has 2 atom stereocenters. The third-order valence-electron chi connectivity index (χ3n) is 3.01. The van der Waals surface area contributed by atoms with Crippen LogP contribution in [-0.2, 0) is 15.1 Å². The number of aliphatic hydroxyl groups is 1. The lowest BCUT2D eigenvalue weighted by atomic mass is 9.84. The molecule has 0 heterocycles. The number of hydrogen-bond donors (Lipinski definition) is 1. The highest BCUT2D eigenvalue weighted by molar-refractivity contribution is 5.74. The lowest BCUT2D eigenvalue weighted by Crippen LogP contribution is -2.39. The lowest BCUT2D eigenvalue weighted by molar-refractivity contribution is -0.168. The summed E-state index contributed by atoms with van der Waals surface area (Å²) in [5.41, 5.74) is -1.75. The molecule has 0 aliphatic carbocycles. The Balaban J connectivity index is 2.96. The minimum absolute atomic E-state index is 0.353. The Morgan fingerprint density at radius 2 is 1.89 bits per heavy atom. The summed E-state index contributed by atoms with van der Waals surface area (Å²) in [7, 11) is 0. The van der Waals surface area contributed by atoms with E-state index in [0.717, 1.165) is 0 Å². The maximum Gasteiger partial charge on any atom is 0.312 e. The highest BCUT2D eigenvalue weighted by atomic mass is 19.1. The Morgan fingerprint density at radius 3 is 2.37 bits per heavy atom. The van der Waals surface area contributed by atoms with Crippen LogP contribution < -0.4 is 0 Å². The van der Waals surface area contributed by atoms with Crippen molar-refractivity contribution in [2.24, 2.45) is 5.92 Å². The topological polar surface area (TPSA) is 46.5 Å². The number of carbonyl (C=O) groups excluding carboxylic acids is 1. The monoisotopic (exact) mass is 268 g/mol. The summed E-state index contributed by atoms with van der Waals surface area (Å²) in [6.07, 6.45) is 0. The van der Waals surface area contributed by atoms with Crippen LogP contribution in [0.4, 0.5) is 4.39 Å². The molecule has 0 aliphatic heterocycles. The second kappa shape index (κ2) is 5.29. The van der Waals surface area contributed by atoms with Crippen molar-refractivity contribution in [1.29, 1.82) is 0 Å². The molecule has 0 aromatic heterocycles. The van der Waals surface area contributed by atoms with Crippen LogP contribution in [0.25, 0.3) is 0 Å². The van der Waals surface area contributed by atoms with Crippen molar-refractivity contribution in [2.45, 2.75) is 45.8 Å². The van der Waals surface area contributed by atoms with Crippen molar-refractivity contribution in [3.8, 4) is 0 Å². The van der Waals surface area contributed by atoms with Gasteiger partial charge in [0.25, 0.3) is 0 Å². The first-order valence-corrected chi connectivity index (χ1v) is 6.25. The van der Waals surface area contributed by atoms with E-state index in [1.54, 1.807) is 33.8 Å². The van der Waals surface area contributed by atoms with Gasteiger partial charge in [0.2, 0.25) is 0 Å². The van der Waals surface area contributed by atoms with Crippen LogP contribution in [0.1, 0.15) is 40.2 Å². The molecule has 1 rings (SSSR count). The van der Waals surface area contributed by atoms with Crippen molar-refractivity contribution < 1.29 is 19.0 Å². The van der Waals surface area contributed by atoms with Crippen LogP contribution in [0.3, 0.4) is 0 Å². The number of benzene rings is 1. The third-order valence-corrected chi connectivity index (χ3v) is 3.01. The van der Waals surface area contributed by atoms with E-state index in [-0.39, 0.29) is 0 Å². The average molecular weight is 268 g/mol. The molecule has 1 aromatic rings. The van der Waals surface area contributed by atoms with Crippen LogP contribution in [0.2, 0.25) is 0 Å². The van der Waals surface area contributed by atoms with Crippen molar-refractivity contribution in [3.63, 3.8) is 0 Å². The van der Waals surface area contributed by atoms with E-state index in [1.807, 2.05) is 0 Å². The minimum atomic E-state index is -1.48. The van der Waals surface area contributed by atoms with Crippen molar-refractivity contribution in [2.75, 3.05) is 0 Å². The van der Waals surface area contributed by atoms with E-state index < -0.39 is 28.9 Å². The number of ether oxygens (including phenoxy) is 1. The first kappa shape index (κ1) is 15.6. The molecular weight excluding hydrogens is 247 g/mol. The highest BCUT2D eigenvalue weighted by Crippen LogP contribution is 2.31. The molecule has 3 nitrogen and oxygen atoms in total. The minimum Gasteiger partial charge on any atom is -0.460 e. The Labute approximate surface area is 113 Å². The maximum absolute atomic E-state index is 13.2. The second-order valence-corrected chi connectivity index (χ2v) is 5.91. The van der Waals surface area contributed by atoms with Gasteiger partial charge in [-0.15, -0.1) is 0 Å². The fourth-order valence-corrected chi connectivity index (χ4v) is 1.67. The van der Waals surface area contributed by atoms with Gasteiger partial charge in [-0.1, -0.05) is 12.1 Å². The zero-order valence-electron chi connectivity index (χ0n) is 12.0. The maximum atomic E-state index is 13.2. The average Bonchev–Trinajstić information content (AvgIpc) is 2.25. The molecular formula is C15H21FO3. The van der Waals surface area contributed by atoms with E-state index in [1.165, 1.54) is 25.1 Å². The molecule has 0 radical (unpaired) electrons. The number of carbonyl (C=O) groups is 1. The number of halogens is 1. The van der Waals surface area contributed by atoms with Gasteiger partial charge in [0.15, 0.2) is 0 Å². The highest BCUT2D eigenvalue weighted by Gasteiger charge is 2.38. The largest absolute Gasteiger partial charge is 0.460 e. The zero-order valence-corrected chi connectivity index (χ0v) is 12.0. The molecule has 2 unspecified atom stereocenters. The summed E-state index contributed by atoms with van der Waals surface area (Å²) in [5.74, 6) is -1.76. The number of rotatable bonds is 3. The first-order chi connectivity index (χ1) is 8.54. The predicted octanol–water partition coefficient (Wildman–Crippen LogP) is 3.01. The summed E-state index contributed by atoms with van der Waals surface area (Å²) in [6, 6.07) is 5.60. The molecule has 0 fully saturated rings. The second-order valence-electron chi connectivity index (χ2n) is 5.91. The van der Waals surface area contributed by atoms with E-state index in [2.05, 4.69) is 0 Å². The predicted molar refractivity (Wildman–Crippen MR) is 71.0 cm³/mol. The Bertz CT molecular complexity index is 461. The Kier molecular flexibility index (Phi) is 4.35. The van der Waals surface area contributed by atoms with E-state index in [0.29, 0.717) is 5.56 Å². The molecule has 0 bridgehead atoms. The fraction of sp³-hybridized carbons (Fsp3) is 0.533. The van der Waals surface area contributed by atoms with Gasteiger partial charge < -0.3 is 9.84 Å². The van der Waals surface area contributed by atoms with Crippen LogP contribution >= 0.6 is 0 Å². The van der Waals surface area contributed by atoms with Gasteiger partial charge in [0.05, 0.1) is 11.5 Å². The summed E-state index contributed by atoms with van der Waals surface area (Å²) in [5, 5.41) is 10.5. The molecule has 0 spiro atoms. The van der Waals surface area contributed by atoms with Gasteiger partial charge in [-0.25, -0.2) is 4.39 Å². The van der Waals surface area contributed by atoms with Gasteiger partial charge in [0, 0.05) is 0 Å². The molecule has 0 saturated carbocycles. The summed E-state index contributed by atoms with van der Waals surface area (Å²) in [6.45, 7) is 8.33. The van der Waals surface area contributed by atoms with Gasteiger partial charge in [-0.2, -0.15) is 0 Å². The molecule has 1 N–H and O–H groups in total. The fourth-order valence-electron chi connectivity index (χ4n) is 1.67. The van der Waals surface area contributed by atoms with Gasteiger partial charge in [0.1, 0.15) is 11.4 Å². The van der Waals surface area contributed by atoms with Crippen LogP contribution in [0, 0.1) is 11.7 Å². The van der Waals surface area contributed by atoms with E-state index >= 15 is 0 Å². The Hall–Kier alpha value is -1.42. The lowest BCUT2D eigenvalue weighted by Gasteiger charge is -2.31. The van der Waals surface area contributed by atoms with Crippen molar-refractivity contribution >= 4 is 5.97 Å². The van der Waals surface area contributed by atoms with Crippen molar-refractivity contribution in [3.05, 3.63) is 35.6 Å². The molecule has 106 valence electrons. The molecule has 0 amide bonds. The van der Waals surface area contributed by atoms with Crippen LogP contribution in [0.15, 0.2) is 24.3 Å². The van der Waals surface area contributed by atoms with Crippen LogP contribution in [-0.4, -0.2) is 16.7 Å². The first-order valence-electron chi connectivity index (χ1n) is 6.25. The van der Waals surface area contributed by atoms with E-state index in [4.69, 9.17) is 4.74 Å². The normalized spacial score (nSPS) is 16.6. The number of esters is 1. The molecule has 1 aromatic carbocycles. The third kappa shape index (κ3) is 4.03. The molecule has 4 heteroatoms. The SMILES string of the molecule is CC(C(=O)OC(C)(C)C)C(C)(O)c1cccc(F)c1. The molecule has 0 saturated heterocycles. The summed E-state index contributed by atoms with van der Waals surface area (Å²) >= 11 is 0. The summed E-state index contributed by atoms with van der Waals surface area (Å²) in [4.78, 5) is 12.0. The van der Waals surface area contributed by atoms with Crippen LogP contribution in [0.5, 0.6) is 0 Å². The van der Waals surface area contributed by atoms with Gasteiger partial charge in [-0.05, 0) is 52.3 Å². The van der Waals surface area contributed by atoms with Gasteiger partial charge >= 0.3 is 5.97 Å². The quantitative estimate of drug-likeness (QED) is 0.857. The zero-order chi connectivity index (χ0) is 14.8. The van der Waals surface area contributed by atoms with E-state index in [9.17, 15) is 14.3 Å². The van der Waals surface area contributed by atoms with Crippen molar-refractivity contribution in [1.82, 2.24) is 0 Å². The molecule has 19 heavy (non-hydrogen) atoms.